The van der Waals surface area contributed by atoms with Crippen molar-refractivity contribution in [2.75, 3.05) is 11.9 Å². The molecule has 1 unspecified atom stereocenters. The van der Waals surface area contributed by atoms with Gasteiger partial charge in [-0.05, 0) is 43.2 Å². The summed E-state index contributed by atoms with van der Waals surface area (Å²) in [4.78, 5) is 23.9. The summed E-state index contributed by atoms with van der Waals surface area (Å²) >= 11 is 0. The minimum atomic E-state index is -0.101. The first-order valence-electron chi connectivity index (χ1n) is 8.21. The van der Waals surface area contributed by atoms with E-state index in [9.17, 15) is 9.59 Å². The first-order chi connectivity index (χ1) is 10.6. The molecule has 1 aromatic carbocycles. The highest BCUT2D eigenvalue weighted by molar-refractivity contribution is 5.96. The molecule has 22 heavy (non-hydrogen) atoms. The quantitative estimate of drug-likeness (QED) is 0.760. The Morgan fingerprint density at radius 2 is 2.14 bits per heavy atom. The maximum atomic E-state index is 12.1. The van der Waals surface area contributed by atoms with Gasteiger partial charge < -0.3 is 10.6 Å². The smallest absolute Gasteiger partial charge is 0.227 e. The van der Waals surface area contributed by atoms with Gasteiger partial charge in [0.15, 0.2) is 0 Å². The van der Waals surface area contributed by atoms with Crippen LogP contribution in [0, 0.1) is 11.8 Å². The highest BCUT2D eigenvalue weighted by Crippen LogP contribution is 2.27. The van der Waals surface area contributed by atoms with Crippen LogP contribution in [0.5, 0.6) is 0 Å². The van der Waals surface area contributed by atoms with Crippen LogP contribution in [0.3, 0.4) is 0 Å². The molecule has 0 aliphatic carbocycles. The summed E-state index contributed by atoms with van der Waals surface area (Å²) in [5, 5.41) is 5.87. The molecule has 0 saturated carbocycles. The van der Waals surface area contributed by atoms with Crippen LogP contribution in [-0.4, -0.2) is 18.4 Å². The molecular formula is C18H26N2O2. The number of para-hydroxylation sites is 1. The molecule has 2 amide bonds. The molecule has 1 aliphatic rings. The zero-order valence-corrected chi connectivity index (χ0v) is 13.5. The first kappa shape index (κ1) is 16.5. The Kier molecular flexibility index (Phi) is 5.99. The minimum absolute atomic E-state index is 0.0336. The molecule has 0 saturated heterocycles. The van der Waals surface area contributed by atoms with Crippen molar-refractivity contribution in [3.8, 4) is 0 Å². The summed E-state index contributed by atoms with van der Waals surface area (Å²) in [6.45, 7) is 5.10. The molecule has 1 heterocycles. The van der Waals surface area contributed by atoms with Gasteiger partial charge in [0.05, 0.1) is 0 Å². The van der Waals surface area contributed by atoms with Gasteiger partial charge in [-0.25, -0.2) is 0 Å². The lowest BCUT2D eigenvalue weighted by Gasteiger charge is -2.24. The van der Waals surface area contributed by atoms with E-state index in [1.165, 1.54) is 0 Å². The fourth-order valence-corrected chi connectivity index (χ4v) is 2.78. The fraction of sp³-hybridized carbons (Fsp3) is 0.556. The van der Waals surface area contributed by atoms with E-state index < -0.39 is 0 Å². The van der Waals surface area contributed by atoms with Gasteiger partial charge in [0.1, 0.15) is 0 Å². The summed E-state index contributed by atoms with van der Waals surface area (Å²) in [6, 6.07) is 7.86. The van der Waals surface area contributed by atoms with Crippen molar-refractivity contribution in [3.63, 3.8) is 0 Å². The van der Waals surface area contributed by atoms with E-state index in [0.717, 1.165) is 37.1 Å². The number of carbonyl (C=O) groups is 2. The molecule has 0 radical (unpaired) electrons. The number of benzene rings is 1. The molecule has 0 spiro atoms. The van der Waals surface area contributed by atoms with Crippen LogP contribution in [-0.2, 0) is 16.0 Å². The van der Waals surface area contributed by atoms with Gasteiger partial charge in [-0.3, -0.25) is 9.59 Å². The second kappa shape index (κ2) is 7.97. The topological polar surface area (TPSA) is 58.2 Å². The van der Waals surface area contributed by atoms with Gasteiger partial charge in [0.2, 0.25) is 11.8 Å². The highest BCUT2D eigenvalue weighted by atomic mass is 16.2. The minimum Gasteiger partial charge on any atom is -0.356 e. The molecule has 120 valence electrons. The molecular weight excluding hydrogens is 276 g/mol. The number of amides is 2. The summed E-state index contributed by atoms with van der Waals surface area (Å²) in [5.74, 6) is 0.654. The van der Waals surface area contributed by atoms with E-state index in [2.05, 4.69) is 24.5 Å². The summed E-state index contributed by atoms with van der Waals surface area (Å²) in [7, 11) is 0. The van der Waals surface area contributed by atoms with Crippen molar-refractivity contribution < 1.29 is 9.59 Å². The molecule has 0 fully saturated rings. The Balaban J connectivity index is 1.73. The predicted octanol–water partition coefficient (Wildman–Crippen LogP) is 3.13. The second-order valence-electron chi connectivity index (χ2n) is 6.47. The Bertz CT molecular complexity index is 526. The Hall–Kier alpha value is -1.84. The number of rotatable bonds is 7. The highest BCUT2D eigenvalue weighted by Gasteiger charge is 2.26. The van der Waals surface area contributed by atoms with E-state index in [1.807, 2.05) is 24.3 Å². The maximum absolute atomic E-state index is 12.1. The average Bonchev–Trinajstić information content (AvgIpc) is 2.49. The number of nitrogens with one attached hydrogen (secondary N) is 2. The number of carbonyl (C=O) groups excluding carboxylic acids is 2. The molecule has 4 nitrogen and oxygen atoms in total. The number of hydrogen-bond acceptors (Lipinski definition) is 2. The largest absolute Gasteiger partial charge is 0.356 e. The second-order valence-corrected chi connectivity index (χ2v) is 6.47. The van der Waals surface area contributed by atoms with E-state index in [4.69, 9.17) is 0 Å². The van der Waals surface area contributed by atoms with Crippen LogP contribution in [0.4, 0.5) is 5.69 Å². The Morgan fingerprint density at radius 1 is 1.36 bits per heavy atom. The molecule has 1 aliphatic heterocycles. The number of hydrogen-bond donors (Lipinski definition) is 2. The lowest BCUT2D eigenvalue weighted by atomic mass is 9.89. The third-order valence-electron chi connectivity index (χ3n) is 4.11. The zero-order chi connectivity index (χ0) is 15.9. The van der Waals surface area contributed by atoms with Crippen molar-refractivity contribution in [1.29, 1.82) is 0 Å². The van der Waals surface area contributed by atoms with Crippen molar-refractivity contribution in [2.45, 2.75) is 46.0 Å². The molecule has 2 N–H and O–H groups in total. The molecule has 0 bridgehead atoms. The summed E-state index contributed by atoms with van der Waals surface area (Å²) in [5.41, 5.74) is 2.06. The van der Waals surface area contributed by atoms with Crippen LogP contribution in [0.25, 0.3) is 0 Å². The van der Waals surface area contributed by atoms with E-state index in [-0.39, 0.29) is 17.7 Å². The molecule has 0 aromatic heterocycles. The van der Waals surface area contributed by atoms with Crippen molar-refractivity contribution >= 4 is 17.5 Å². The predicted molar refractivity (Wildman–Crippen MR) is 88.6 cm³/mol. The van der Waals surface area contributed by atoms with Gasteiger partial charge in [-0.2, -0.15) is 0 Å². The number of fused-ring (bicyclic) bond motifs is 1. The van der Waals surface area contributed by atoms with Crippen LogP contribution in [0.2, 0.25) is 0 Å². The summed E-state index contributed by atoms with van der Waals surface area (Å²) in [6.07, 6.45) is 3.89. The van der Waals surface area contributed by atoms with Gasteiger partial charge in [0, 0.05) is 24.6 Å². The van der Waals surface area contributed by atoms with E-state index in [1.54, 1.807) is 0 Å². The maximum Gasteiger partial charge on any atom is 0.227 e. The molecule has 2 rings (SSSR count). The van der Waals surface area contributed by atoms with Crippen LogP contribution in [0.15, 0.2) is 24.3 Å². The van der Waals surface area contributed by atoms with Crippen molar-refractivity contribution in [2.24, 2.45) is 11.8 Å². The van der Waals surface area contributed by atoms with E-state index >= 15 is 0 Å². The monoisotopic (exact) mass is 302 g/mol. The Morgan fingerprint density at radius 3 is 2.91 bits per heavy atom. The lowest BCUT2D eigenvalue weighted by molar-refractivity contribution is -0.122. The first-order valence-corrected chi connectivity index (χ1v) is 8.21. The van der Waals surface area contributed by atoms with Crippen LogP contribution in [0.1, 0.15) is 45.1 Å². The third kappa shape index (κ3) is 4.86. The van der Waals surface area contributed by atoms with Crippen LogP contribution >= 0.6 is 0 Å². The normalized spacial score (nSPS) is 17.0. The summed E-state index contributed by atoms with van der Waals surface area (Å²) < 4.78 is 0. The third-order valence-corrected chi connectivity index (χ3v) is 4.11. The SMILES string of the molecule is CC(C)CCCNC(=O)CCC1Cc2ccccc2NC1=O. The van der Waals surface area contributed by atoms with Gasteiger partial charge in [-0.15, -0.1) is 0 Å². The molecule has 4 heteroatoms. The van der Waals surface area contributed by atoms with Crippen molar-refractivity contribution in [1.82, 2.24) is 5.32 Å². The molecule has 1 aromatic rings. The van der Waals surface area contributed by atoms with Gasteiger partial charge >= 0.3 is 0 Å². The fourth-order valence-electron chi connectivity index (χ4n) is 2.78. The van der Waals surface area contributed by atoms with Crippen LogP contribution < -0.4 is 10.6 Å². The average molecular weight is 302 g/mol. The lowest BCUT2D eigenvalue weighted by Crippen LogP contribution is -2.32. The Labute approximate surface area is 132 Å². The van der Waals surface area contributed by atoms with Crippen molar-refractivity contribution in [3.05, 3.63) is 29.8 Å². The van der Waals surface area contributed by atoms with E-state index in [0.29, 0.717) is 18.8 Å². The standard InChI is InChI=1S/C18H26N2O2/c1-13(2)6-5-11-19-17(21)10-9-15-12-14-7-3-4-8-16(14)20-18(15)22/h3-4,7-8,13,15H,5-6,9-12H2,1-2H3,(H,19,21)(H,20,22). The number of anilines is 1. The van der Waals surface area contributed by atoms with Gasteiger partial charge in [-0.1, -0.05) is 32.0 Å². The van der Waals surface area contributed by atoms with Gasteiger partial charge in [0.25, 0.3) is 0 Å². The zero-order valence-electron chi connectivity index (χ0n) is 13.5. The molecule has 1 atom stereocenters.